The van der Waals surface area contributed by atoms with Crippen molar-refractivity contribution in [1.82, 2.24) is 14.7 Å². The highest BCUT2D eigenvalue weighted by Gasteiger charge is 2.20. The van der Waals surface area contributed by atoms with E-state index in [2.05, 4.69) is 35.7 Å². The molecule has 0 radical (unpaired) electrons. The third-order valence-electron chi connectivity index (χ3n) is 4.33. The number of piperidine rings is 1. The van der Waals surface area contributed by atoms with Crippen molar-refractivity contribution >= 4 is 11.6 Å². The zero-order chi connectivity index (χ0) is 15.1. The van der Waals surface area contributed by atoms with E-state index in [1.807, 2.05) is 0 Å². The number of aromatic nitrogens is 2. The molecule has 0 aromatic carbocycles. The quantitative estimate of drug-likeness (QED) is 0.688. The molecule has 0 atom stereocenters. The fourth-order valence-electron chi connectivity index (χ4n) is 3.00. The average molecular weight is 314 g/mol. The number of nitrogens with zero attached hydrogens (tertiary/aromatic N) is 3. The zero-order valence-corrected chi connectivity index (χ0v) is 14.1. The molecule has 120 valence electrons. The standard InChI is InChI=1S/C16H28ClN3O/c1-3-15(4-2)20-11-5-14(18-20)13-19-9-6-16(7-10-19)21-12-8-17/h5,11,15-16H,3-4,6-10,12-13H2,1-2H3. The van der Waals surface area contributed by atoms with Crippen LogP contribution in [0.3, 0.4) is 0 Å². The van der Waals surface area contributed by atoms with Crippen LogP contribution in [0.5, 0.6) is 0 Å². The first-order valence-corrected chi connectivity index (χ1v) is 8.74. The summed E-state index contributed by atoms with van der Waals surface area (Å²) in [6.45, 7) is 8.25. The SMILES string of the molecule is CCC(CC)n1ccc(CN2CCC(OCCCl)CC2)n1. The van der Waals surface area contributed by atoms with Crippen LogP contribution in [0.15, 0.2) is 12.3 Å². The van der Waals surface area contributed by atoms with Gasteiger partial charge in [0.1, 0.15) is 0 Å². The molecule has 0 bridgehead atoms. The largest absolute Gasteiger partial charge is 0.377 e. The Morgan fingerprint density at radius 3 is 2.67 bits per heavy atom. The Labute approximate surface area is 133 Å². The molecule has 2 heterocycles. The molecule has 1 fully saturated rings. The van der Waals surface area contributed by atoms with Crippen molar-refractivity contribution in [1.29, 1.82) is 0 Å². The second-order valence-corrected chi connectivity index (χ2v) is 6.17. The van der Waals surface area contributed by atoms with Crippen LogP contribution in [0.25, 0.3) is 0 Å². The molecule has 1 aliphatic heterocycles. The molecule has 0 amide bonds. The Bertz CT molecular complexity index is 398. The molecule has 1 aromatic heterocycles. The first-order chi connectivity index (χ1) is 10.3. The molecule has 0 saturated carbocycles. The van der Waals surface area contributed by atoms with E-state index in [-0.39, 0.29) is 0 Å². The third-order valence-corrected chi connectivity index (χ3v) is 4.49. The van der Waals surface area contributed by atoms with Crippen LogP contribution in [0.2, 0.25) is 0 Å². The Balaban J connectivity index is 1.78. The van der Waals surface area contributed by atoms with Crippen molar-refractivity contribution in [2.24, 2.45) is 0 Å². The maximum Gasteiger partial charge on any atom is 0.0764 e. The minimum Gasteiger partial charge on any atom is -0.377 e. The van der Waals surface area contributed by atoms with Gasteiger partial charge in [-0.15, -0.1) is 11.6 Å². The lowest BCUT2D eigenvalue weighted by atomic mass is 10.1. The van der Waals surface area contributed by atoms with Gasteiger partial charge in [-0.2, -0.15) is 5.10 Å². The smallest absolute Gasteiger partial charge is 0.0764 e. The van der Waals surface area contributed by atoms with E-state index in [1.54, 1.807) is 0 Å². The predicted molar refractivity (Wildman–Crippen MR) is 86.8 cm³/mol. The molecule has 1 saturated heterocycles. The number of hydrogen-bond acceptors (Lipinski definition) is 3. The fourth-order valence-corrected chi connectivity index (χ4v) is 3.09. The van der Waals surface area contributed by atoms with Crippen LogP contribution >= 0.6 is 11.6 Å². The number of ether oxygens (including phenoxy) is 1. The lowest BCUT2D eigenvalue weighted by Gasteiger charge is -2.31. The van der Waals surface area contributed by atoms with Crippen molar-refractivity contribution < 1.29 is 4.74 Å². The summed E-state index contributed by atoms with van der Waals surface area (Å²) < 4.78 is 7.85. The molecular weight excluding hydrogens is 286 g/mol. The Morgan fingerprint density at radius 2 is 2.05 bits per heavy atom. The summed E-state index contributed by atoms with van der Waals surface area (Å²) in [6, 6.07) is 2.70. The molecular formula is C16H28ClN3O. The van der Waals surface area contributed by atoms with E-state index in [0.717, 1.165) is 45.3 Å². The molecule has 0 spiro atoms. The van der Waals surface area contributed by atoms with Crippen molar-refractivity contribution in [2.75, 3.05) is 25.6 Å². The van der Waals surface area contributed by atoms with Gasteiger partial charge in [-0.1, -0.05) is 13.8 Å². The normalized spacial score (nSPS) is 17.7. The Morgan fingerprint density at radius 1 is 1.33 bits per heavy atom. The summed E-state index contributed by atoms with van der Waals surface area (Å²) in [5, 5.41) is 4.74. The van der Waals surface area contributed by atoms with Crippen molar-refractivity contribution in [3.8, 4) is 0 Å². The van der Waals surface area contributed by atoms with Crippen LogP contribution in [0.1, 0.15) is 51.3 Å². The summed E-state index contributed by atoms with van der Waals surface area (Å²) in [5.41, 5.74) is 1.18. The highest BCUT2D eigenvalue weighted by molar-refractivity contribution is 6.17. The molecule has 1 aliphatic rings. The third kappa shape index (κ3) is 4.97. The second-order valence-electron chi connectivity index (χ2n) is 5.79. The number of likely N-dealkylation sites (tertiary alicyclic amines) is 1. The Hall–Kier alpha value is -0.580. The van der Waals surface area contributed by atoms with Crippen LogP contribution in [-0.2, 0) is 11.3 Å². The van der Waals surface area contributed by atoms with Gasteiger partial charge in [0, 0.05) is 31.7 Å². The molecule has 21 heavy (non-hydrogen) atoms. The first kappa shape index (κ1) is 16.8. The molecule has 5 heteroatoms. The van der Waals surface area contributed by atoms with E-state index < -0.39 is 0 Å². The summed E-state index contributed by atoms with van der Waals surface area (Å²) >= 11 is 5.66. The molecule has 4 nitrogen and oxygen atoms in total. The van der Waals surface area contributed by atoms with Crippen molar-refractivity contribution in [3.05, 3.63) is 18.0 Å². The van der Waals surface area contributed by atoms with Crippen molar-refractivity contribution in [2.45, 2.75) is 58.2 Å². The molecule has 0 aliphatic carbocycles. The highest BCUT2D eigenvalue weighted by Crippen LogP contribution is 2.18. The minimum atomic E-state index is 0.391. The summed E-state index contributed by atoms with van der Waals surface area (Å²) in [5.74, 6) is 0.591. The number of halogens is 1. The van der Waals surface area contributed by atoms with Gasteiger partial charge in [0.2, 0.25) is 0 Å². The van der Waals surface area contributed by atoms with Gasteiger partial charge in [0.05, 0.1) is 24.4 Å². The van der Waals surface area contributed by atoms with Crippen LogP contribution in [0, 0.1) is 0 Å². The van der Waals surface area contributed by atoms with Gasteiger partial charge in [0.15, 0.2) is 0 Å². The van der Waals surface area contributed by atoms with Gasteiger partial charge in [0.25, 0.3) is 0 Å². The lowest BCUT2D eigenvalue weighted by Crippen LogP contribution is -2.36. The predicted octanol–water partition coefficient (Wildman–Crippen LogP) is 3.46. The van der Waals surface area contributed by atoms with E-state index in [0.29, 0.717) is 24.6 Å². The topological polar surface area (TPSA) is 30.3 Å². The Kier molecular flexibility index (Phi) is 7.00. The van der Waals surface area contributed by atoms with E-state index in [1.165, 1.54) is 5.69 Å². The van der Waals surface area contributed by atoms with Crippen molar-refractivity contribution in [3.63, 3.8) is 0 Å². The van der Waals surface area contributed by atoms with Gasteiger partial charge in [-0.25, -0.2) is 0 Å². The average Bonchev–Trinajstić information content (AvgIpc) is 2.96. The molecule has 0 N–H and O–H groups in total. The van der Waals surface area contributed by atoms with E-state index >= 15 is 0 Å². The summed E-state index contributed by atoms with van der Waals surface area (Å²) in [4.78, 5) is 2.47. The monoisotopic (exact) mass is 313 g/mol. The molecule has 0 unspecified atom stereocenters. The van der Waals surface area contributed by atoms with Gasteiger partial charge < -0.3 is 4.74 Å². The maximum atomic E-state index is 5.72. The first-order valence-electron chi connectivity index (χ1n) is 8.20. The highest BCUT2D eigenvalue weighted by atomic mass is 35.5. The summed E-state index contributed by atoms with van der Waals surface area (Å²) in [7, 11) is 0. The second kappa shape index (κ2) is 8.76. The molecule has 1 aromatic rings. The molecule has 2 rings (SSSR count). The minimum absolute atomic E-state index is 0.391. The number of hydrogen-bond donors (Lipinski definition) is 0. The van der Waals surface area contributed by atoms with Gasteiger partial charge >= 0.3 is 0 Å². The number of rotatable bonds is 8. The van der Waals surface area contributed by atoms with Crippen LogP contribution in [-0.4, -0.2) is 46.4 Å². The summed E-state index contributed by atoms with van der Waals surface area (Å²) in [6.07, 6.45) is 7.00. The van der Waals surface area contributed by atoms with E-state index in [4.69, 9.17) is 21.4 Å². The fraction of sp³-hybridized carbons (Fsp3) is 0.812. The van der Waals surface area contributed by atoms with Gasteiger partial charge in [-0.3, -0.25) is 9.58 Å². The number of alkyl halides is 1. The van der Waals surface area contributed by atoms with Gasteiger partial charge in [-0.05, 0) is 31.7 Å². The lowest BCUT2D eigenvalue weighted by molar-refractivity contribution is 0.0131. The van der Waals surface area contributed by atoms with Crippen LogP contribution < -0.4 is 0 Å². The van der Waals surface area contributed by atoms with Crippen LogP contribution in [0.4, 0.5) is 0 Å². The maximum absolute atomic E-state index is 5.72. The van der Waals surface area contributed by atoms with E-state index in [9.17, 15) is 0 Å². The zero-order valence-electron chi connectivity index (χ0n) is 13.3.